The number of hydrogen-bond acceptors (Lipinski definition) is 4. The molecule has 1 atom stereocenters. The molecule has 0 saturated heterocycles. The minimum absolute atomic E-state index is 0.190. The molecule has 2 N–H and O–H groups in total. The van der Waals surface area contributed by atoms with Gasteiger partial charge in [0.2, 0.25) is 0 Å². The molecule has 1 rings (SSSR count). The largest absolute Gasteiger partial charge is 0.460 e. The SMILES string of the molecule is CC(C)C(CN)C(=O)OCc1cccs1. The molecule has 0 bridgehead atoms. The fourth-order valence-corrected chi connectivity index (χ4v) is 1.90. The molecule has 1 heterocycles. The van der Waals surface area contributed by atoms with Gasteiger partial charge in [0.15, 0.2) is 0 Å². The smallest absolute Gasteiger partial charge is 0.310 e. The Morgan fingerprint density at radius 2 is 2.33 bits per heavy atom. The van der Waals surface area contributed by atoms with E-state index in [1.54, 1.807) is 11.3 Å². The third kappa shape index (κ3) is 3.64. The van der Waals surface area contributed by atoms with Gasteiger partial charge in [-0.15, -0.1) is 11.3 Å². The van der Waals surface area contributed by atoms with Gasteiger partial charge < -0.3 is 10.5 Å². The zero-order valence-electron chi connectivity index (χ0n) is 9.10. The molecule has 0 fully saturated rings. The number of thiophene rings is 1. The fraction of sp³-hybridized carbons (Fsp3) is 0.545. The molecule has 1 aromatic heterocycles. The van der Waals surface area contributed by atoms with Crippen LogP contribution in [0.3, 0.4) is 0 Å². The molecule has 1 aromatic rings. The number of ether oxygens (including phenoxy) is 1. The van der Waals surface area contributed by atoms with Crippen LogP contribution in [0.2, 0.25) is 0 Å². The van der Waals surface area contributed by atoms with Crippen molar-refractivity contribution in [2.75, 3.05) is 6.54 Å². The van der Waals surface area contributed by atoms with Gasteiger partial charge in [-0.1, -0.05) is 19.9 Å². The minimum Gasteiger partial charge on any atom is -0.460 e. The van der Waals surface area contributed by atoms with E-state index in [0.717, 1.165) is 4.88 Å². The highest BCUT2D eigenvalue weighted by Gasteiger charge is 2.21. The third-order valence-electron chi connectivity index (χ3n) is 2.30. The molecule has 0 amide bonds. The van der Waals surface area contributed by atoms with Gasteiger partial charge in [0.1, 0.15) is 6.61 Å². The van der Waals surface area contributed by atoms with Crippen LogP contribution in [0, 0.1) is 11.8 Å². The van der Waals surface area contributed by atoms with Crippen LogP contribution in [0.25, 0.3) is 0 Å². The summed E-state index contributed by atoms with van der Waals surface area (Å²) in [7, 11) is 0. The van der Waals surface area contributed by atoms with Crippen molar-refractivity contribution in [3.05, 3.63) is 22.4 Å². The molecular formula is C11H17NO2S. The summed E-state index contributed by atoms with van der Waals surface area (Å²) in [6.07, 6.45) is 0. The van der Waals surface area contributed by atoms with E-state index in [2.05, 4.69) is 0 Å². The molecule has 0 aliphatic heterocycles. The summed E-state index contributed by atoms with van der Waals surface area (Å²) >= 11 is 1.58. The Bertz CT molecular complexity index is 296. The van der Waals surface area contributed by atoms with Gasteiger partial charge >= 0.3 is 5.97 Å². The lowest BCUT2D eigenvalue weighted by atomic mass is 9.96. The van der Waals surface area contributed by atoms with Gasteiger partial charge in [-0.3, -0.25) is 4.79 Å². The highest BCUT2D eigenvalue weighted by molar-refractivity contribution is 7.09. The lowest BCUT2D eigenvalue weighted by Crippen LogP contribution is -2.29. The quantitative estimate of drug-likeness (QED) is 0.783. The minimum atomic E-state index is -0.194. The molecule has 0 aromatic carbocycles. The van der Waals surface area contributed by atoms with E-state index in [1.165, 1.54) is 0 Å². The number of nitrogens with two attached hydrogens (primary N) is 1. The van der Waals surface area contributed by atoms with E-state index in [-0.39, 0.29) is 17.8 Å². The summed E-state index contributed by atoms with van der Waals surface area (Å²) in [5.41, 5.74) is 5.53. The summed E-state index contributed by atoms with van der Waals surface area (Å²) < 4.78 is 5.19. The fourth-order valence-electron chi connectivity index (χ4n) is 1.28. The Kier molecular flexibility index (Phi) is 4.78. The van der Waals surface area contributed by atoms with Gasteiger partial charge in [0.05, 0.1) is 5.92 Å². The molecule has 1 unspecified atom stereocenters. The number of esters is 1. The Morgan fingerprint density at radius 1 is 1.60 bits per heavy atom. The Morgan fingerprint density at radius 3 is 2.80 bits per heavy atom. The molecular weight excluding hydrogens is 210 g/mol. The van der Waals surface area contributed by atoms with Crippen LogP contribution in [0.1, 0.15) is 18.7 Å². The standard InChI is InChI=1S/C11H17NO2S/c1-8(2)10(6-12)11(13)14-7-9-4-3-5-15-9/h3-5,8,10H,6-7,12H2,1-2H3. The molecule has 0 aliphatic rings. The normalized spacial score (nSPS) is 12.8. The van der Waals surface area contributed by atoms with Gasteiger partial charge in [-0.25, -0.2) is 0 Å². The Balaban J connectivity index is 2.41. The first-order valence-corrected chi connectivity index (χ1v) is 5.92. The van der Waals surface area contributed by atoms with Crippen LogP contribution >= 0.6 is 11.3 Å². The molecule has 4 heteroatoms. The van der Waals surface area contributed by atoms with Crippen LogP contribution < -0.4 is 5.73 Å². The van der Waals surface area contributed by atoms with Crippen molar-refractivity contribution in [2.24, 2.45) is 17.6 Å². The first-order valence-electron chi connectivity index (χ1n) is 5.04. The van der Waals surface area contributed by atoms with Crippen molar-refractivity contribution in [2.45, 2.75) is 20.5 Å². The lowest BCUT2D eigenvalue weighted by Gasteiger charge is -2.16. The van der Waals surface area contributed by atoms with E-state index in [4.69, 9.17) is 10.5 Å². The van der Waals surface area contributed by atoms with Crippen molar-refractivity contribution in [3.63, 3.8) is 0 Å². The van der Waals surface area contributed by atoms with Crippen LogP contribution in [0.4, 0.5) is 0 Å². The number of carbonyl (C=O) groups excluding carboxylic acids is 1. The molecule has 0 spiro atoms. The van der Waals surface area contributed by atoms with Crippen LogP contribution in [0.15, 0.2) is 17.5 Å². The molecule has 0 radical (unpaired) electrons. The average molecular weight is 227 g/mol. The van der Waals surface area contributed by atoms with Crippen molar-refractivity contribution in [3.8, 4) is 0 Å². The number of hydrogen-bond donors (Lipinski definition) is 1. The van der Waals surface area contributed by atoms with Crippen LogP contribution in [-0.2, 0) is 16.1 Å². The molecule has 3 nitrogen and oxygen atoms in total. The molecule has 15 heavy (non-hydrogen) atoms. The van der Waals surface area contributed by atoms with Gasteiger partial charge in [-0.05, 0) is 17.4 Å². The zero-order valence-corrected chi connectivity index (χ0v) is 9.92. The van der Waals surface area contributed by atoms with Crippen molar-refractivity contribution >= 4 is 17.3 Å². The molecule has 0 aliphatic carbocycles. The van der Waals surface area contributed by atoms with Crippen LogP contribution in [-0.4, -0.2) is 12.5 Å². The Labute approximate surface area is 94.2 Å². The Hall–Kier alpha value is -0.870. The predicted octanol–water partition coefficient (Wildman–Crippen LogP) is 2.02. The summed E-state index contributed by atoms with van der Waals surface area (Å²) in [4.78, 5) is 12.7. The number of carbonyl (C=O) groups is 1. The first kappa shape index (κ1) is 12.2. The highest BCUT2D eigenvalue weighted by atomic mass is 32.1. The van der Waals surface area contributed by atoms with Crippen molar-refractivity contribution in [1.29, 1.82) is 0 Å². The van der Waals surface area contributed by atoms with E-state index < -0.39 is 0 Å². The van der Waals surface area contributed by atoms with Gasteiger partial charge in [-0.2, -0.15) is 0 Å². The second-order valence-corrected chi connectivity index (χ2v) is 4.81. The number of rotatable bonds is 5. The van der Waals surface area contributed by atoms with Gasteiger partial charge in [0.25, 0.3) is 0 Å². The maximum absolute atomic E-state index is 11.6. The highest BCUT2D eigenvalue weighted by Crippen LogP contribution is 2.14. The maximum Gasteiger partial charge on any atom is 0.310 e. The molecule has 84 valence electrons. The predicted molar refractivity (Wildman–Crippen MR) is 61.5 cm³/mol. The van der Waals surface area contributed by atoms with E-state index >= 15 is 0 Å². The summed E-state index contributed by atoms with van der Waals surface area (Å²) in [6.45, 7) is 4.66. The summed E-state index contributed by atoms with van der Waals surface area (Å²) in [6, 6.07) is 3.89. The lowest BCUT2D eigenvalue weighted by molar-refractivity contribution is -0.150. The van der Waals surface area contributed by atoms with E-state index in [1.807, 2.05) is 31.4 Å². The second kappa shape index (κ2) is 5.88. The zero-order chi connectivity index (χ0) is 11.3. The second-order valence-electron chi connectivity index (χ2n) is 3.77. The average Bonchev–Trinajstić information content (AvgIpc) is 2.67. The molecule has 0 saturated carbocycles. The summed E-state index contributed by atoms with van der Waals surface area (Å²) in [5.74, 6) is -0.156. The monoisotopic (exact) mass is 227 g/mol. The maximum atomic E-state index is 11.6. The topological polar surface area (TPSA) is 52.3 Å². The van der Waals surface area contributed by atoms with E-state index in [0.29, 0.717) is 13.2 Å². The van der Waals surface area contributed by atoms with Crippen molar-refractivity contribution < 1.29 is 9.53 Å². The van der Waals surface area contributed by atoms with Crippen molar-refractivity contribution in [1.82, 2.24) is 0 Å². The van der Waals surface area contributed by atoms with Gasteiger partial charge in [0, 0.05) is 11.4 Å². The third-order valence-corrected chi connectivity index (χ3v) is 3.15. The first-order chi connectivity index (χ1) is 7.15. The van der Waals surface area contributed by atoms with E-state index in [9.17, 15) is 4.79 Å². The van der Waals surface area contributed by atoms with Crippen LogP contribution in [0.5, 0.6) is 0 Å². The summed E-state index contributed by atoms with van der Waals surface area (Å²) in [5, 5.41) is 1.96.